The van der Waals surface area contributed by atoms with E-state index in [1.165, 1.54) is 25.3 Å². The third-order valence-electron chi connectivity index (χ3n) is 2.21. The molecule has 1 rings (SSSR count). The number of benzene rings is 1. The summed E-state index contributed by atoms with van der Waals surface area (Å²) < 4.78 is 4.97. The number of hydrogen-bond acceptors (Lipinski definition) is 5. The van der Waals surface area contributed by atoms with Crippen LogP contribution in [0.2, 0.25) is 0 Å². The molecule has 88 valence electrons. The normalized spacial score (nSPS) is 12.2. The summed E-state index contributed by atoms with van der Waals surface area (Å²) in [6.45, 7) is 0.0639. The van der Waals surface area contributed by atoms with E-state index in [4.69, 9.17) is 10.5 Å². The highest BCUT2D eigenvalue weighted by molar-refractivity contribution is 5.45. The molecule has 16 heavy (non-hydrogen) atoms. The predicted molar refractivity (Wildman–Crippen MR) is 58.4 cm³/mol. The number of aliphatic hydroxyl groups is 1. The van der Waals surface area contributed by atoms with E-state index in [1.54, 1.807) is 0 Å². The van der Waals surface area contributed by atoms with Crippen LogP contribution in [0, 0.1) is 10.1 Å². The third kappa shape index (κ3) is 2.91. The van der Waals surface area contributed by atoms with Gasteiger partial charge in [0.25, 0.3) is 5.69 Å². The number of methoxy groups -OCH3 is 1. The van der Waals surface area contributed by atoms with Gasteiger partial charge in [-0.05, 0) is 12.1 Å². The van der Waals surface area contributed by atoms with E-state index in [2.05, 4.69) is 0 Å². The zero-order valence-corrected chi connectivity index (χ0v) is 8.92. The van der Waals surface area contributed by atoms with Gasteiger partial charge in [0, 0.05) is 24.6 Å². The van der Waals surface area contributed by atoms with Gasteiger partial charge in [-0.1, -0.05) is 0 Å². The summed E-state index contributed by atoms with van der Waals surface area (Å²) in [6.07, 6.45) is -0.643. The molecule has 1 atom stereocenters. The summed E-state index contributed by atoms with van der Waals surface area (Å²) in [7, 11) is 1.48. The standard InChI is InChI=1S/C10H14N2O4/c1-16-9-2-3-10(12(14)15)7(5-9)4-8(13)6-11/h2-3,5,8,13H,4,6,11H2,1H3. The second-order valence-corrected chi connectivity index (χ2v) is 3.35. The summed E-state index contributed by atoms with van der Waals surface area (Å²) in [6, 6.07) is 4.41. The van der Waals surface area contributed by atoms with Crippen molar-refractivity contribution in [2.75, 3.05) is 13.7 Å². The van der Waals surface area contributed by atoms with Gasteiger partial charge in [-0.25, -0.2) is 0 Å². The lowest BCUT2D eigenvalue weighted by molar-refractivity contribution is -0.385. The number of hydrogen-bond donors (Lipinski definition) is 2. The van der Waals surface area contributed by atoms with Crippen LogP contribution < -0.4 is 10.5 Å². The smallest absolute Gasteiger partial charge is 0.272 e. The molecule has 0 amide bonds. The minimum Gasteiger partial charge on any atom is -0.497 e. The topological polar surface area (TPSA) is 98.6 Å². The molecule has 6 nitrogen and oxygen atoms in total. The Balaban J connectivity index is 3.05. The average molecular weight is 226 g/mol. The SMILES string of the molecule is COc1ccc([N+](=O)[O-])c(CC(O)CN)c1. The van der Waals surface area contributed by atoms with E-state index in [0.717, 1.165) is 0 Å². The van der Waals surface area contributed by atoms with Crippen LogP contribution in [0.3, 0.4) is 0 Å². The monoisotopic (exact) mass is 226 g/mol. The fourth-order valence-electron chi connectivity index (χ4n) is 1.37. The molecule has 0 aliphatic rings. The lowest BCUT2D eigenvalue weighted by atomic mass is 10.1. The molecule has 0 saturated carbocycles. The molecule has 0 heterocycles. The van der Waals surface area contributed by atoms with E-state index < -0.39 is 11.0 Å². The van der Waals surface area contributed by atoms with Crippen LogP contribution in [0.15, 0.2) is 18.2 Å². The van der Waals surface area contributed by atoms with Crippen molar-refractivity contribution in [1.29, 1.82) is 0 Å². The van der Waals surface area contributed by atoms with Crippen molar-refractivity contribution in [3.63, 3.8) is 0 Å². The van der Waals surface area contributed by atoms with Gasteiger partial charge >= 0.3 is 0 Å². The number of nitrogens with zero attached hydrogens (tertiary/aromatic N) is 1. The first-order valence-corrected chi connectivity index (χ1v) is 4.78. The molecule has 0 aromatic heterocycles. The van der Waals surface area contributed by atoms with Crippen molar-refractivity contribution in [1.82, 2.24) is 0 Å². The molecule has 0 saturated heterocycles. The van der Waals surface area contributed by atoms with Gasteiger partial charge < -0.3 is 15.6 Å². The molecule has 0 aliphatic carbocycles. The van der Waals surface area contributed by atoms with Gasteiger partial charge in [0.2, 0.25) is 0 Å². The number of ether oxygens (including phenoxy) is 1. The largest absolute Gasteiger partial charge is 0.497 e. The second kappa shape index (κ2) is 5.43. The van der Waals surface area contributed by atoms with E-state index in [0.29, 0.717) is 11.3 Å². The van der Waals surface area contributed by atoms with Gasteiger partial charge in [-0.2, -0.15) is 0 Å². The molecule has 1 aromatic rings. The molecular weight excluding hydrogens is 212 g/mol. The first-order chi connectivity index (χ1) is 7.58. The van der Waals surface area contributed by atoms with Crippen LogP contribution in [0.25, 0.3) is 0 Å². The maximum absolute atomic E-state index is 10.7. The molecule has 1 aromatic carbocycles. The molecule has 0 spiro atoms. The fourth-order valence-corrected chi connectivity index (χ4v) is 1.37. The fraction of sp³-hybridized carbons (Fsp3) is 0.400. The summed E-state index contributed by atoms with van der Waals surface area (Å²) in [5.74, 6) is 0.518. The van der Waals surface area contributed by atoms with Crippen LogP contribution in [0.4, 0.5) is 5.69 Å². The van der Waals surface area contributed by atoms with Crippen molar-refractivity contribution in [2.45, 2.75) is 12.5 Å². The quantitative estimate of drug-likeness (QED) is 0.561. The van der Waals surface area contributed by atoms with E-state index in [9.17, 15) is 15.2 Å². The van der Waals surface area contributed by atoms with Crippen LogP contribution in [0.1, 0.15) is 5.56 Å². The highest BCUT2D eigenvalue weighted by Gasteiger charge is 2.16. The number of nitro groups is 1. The highest BCUT2D eigenvalue weighted by Crippen LogP contribution is 2.24. The Morgan fingerprint density at radius 3 is 2.81 bits per heavy atom. The molecule has 1 unspecified atom stereocenters. The molecule has 0 radical (unpaired) electrons. The first kappa shape index (κ1) is 12.4. The lowest BCUT2D eigenvalue weighted by Crippen LogP contribution is -2.22. The molecule has 3 N–H and O–H groups in total. The van der Waals surface area contributed by atoms with Gasteiger partial charge in [0.1, 0.15) is 5.75 Å². The van der Waals surface area contributed by atoms with Crippen molar-refractivity contribution < 1.29 is 14.8 Å². The second-order valence-electron chi connectivity index (χ2n) is 3.35. The van der Waals surface area contributed by atoms with E-state index >= 15 is 0 Å². The van der Waals surface area contributed by atoms with Gasteiger partial charge in [-0.3, -0.25) is 10.1 Å². The predicted octanol–water partition coefficient (Wildman–Crippen LogP) is 0.465. The first-order valence-electron chi connectivity index (χ1n) is 4.78. The Morgan fingerprint density at radius 2 is 2.31 bits per heavy atom. The molecule has 0 aliphatic heterocycles. The Hall–Kier alpha value is -1.66. The Morgan fingerprint density at radius 1 is 1.62 bits per heavy atom. The highest BCUT2D eigenvalue weighted by atomic mass is 16.6. The number of nitro benzene ring substituents is 1. The summed E-state index contributed by atoms with van der Waals surface area (Å²) >= 11 is 0. The molecular formula is C10H14N2O4. The minimum atomic E-state index is -0.786. The summed E-state index contributed by atoms with van der Waals surface area (Å²) in [4.78, 5) is 10.3. The Kier molecular flexibility index (Phi) is 4.21. The average Bonchev–Trinajstić information content (AvgIpc) is 2.28. The van der Waals surface area contributed by atoms with E-state index in [-0.39, 0.29) is 18.7 Å². The summed E-state index contributed by atoms with van der Waals surface area (Å²) in [5, 5.41) is 20.1. The maximum Gasteiger partial charge on any atom is 0.272 e. The van der Waals surface area contributed by atoms with Crippen molar-refractivity contribution in [3.8, 4) is 5.75 Å². The minimum absolute atomic E-state index is 0.0340. The van der Waals surface area contributed by atoms with E-state index in [1.807, 2.05) is 0 Å². The van der Waals surface area contributed by atoms with Crippen molar-refractivity contribution in [2.24, 2.45) is 5.73 Å². The summed E-state index contributed by atoms with van der Waals surface area (Å²) in [5.41, 5.74) is 5.65. The van der Waals surface area contributed by atoms with Gasteiger partial charge in [-0.15, -0.1) is 0 Å². The lowest BCUT2D eigenvalue weighted by Gasteiger charge is -2.09. The molecule has 6 heteroatoms. The van der Waals surface area contributed by atoms with Crippen LogP contribution >= 0.6 is 0 Å². The zero-order valence-electron chi connectivity index (χ0n) is 8.92. The third-order valence-corrected chi connectivity index (χ3v) is 2.21. The molecule has 0 fully saturated rings. The van der Waals surface area contributed by atoms with Crippen molar-refractivity contribution in [3.05, 3.63) is 33.9 Å². The van der Waals surface area contributed by atoms with Crippen LogP contribution in [-0.4, -0.2) is 29.8 Å². The number of rotatable bonds is 5. The number of aliphatic hydroxyl groups excluding tert-OH is 1. The molecule has 0 bridgehead atoms. The van der Waals surface area contributed by atoms with Crippen LogP contribution in [0.5, 0.6) is 5.75 Å². The maximum atomic E-state index is 10.7. The zero-order chi connectivity index (χ0) is 12.1. The Labute approximate surface area is 92.8 Å². The van der Waals surface area contributed by atoms with Gasteiger partial charge in [0.15, 0.2) is 0 Å². The van der Waals surface area contributed by atoms with Gasteiger partial charge in [0.05, 0.1) is 18.1 Å². The Bertz CT molecular complexity index is 381. The van der Waals surface area contributed by atoms with Crippen LogP contribution in [-0.2, 0) is 6.42 Å². The number of nitrogens with two attached hydrogens (primary N) is 1. The van der Waals surface area contributed by atoms with Crippen molar-refractivity contribution >= 4 is 5.69 Å².